The van der Waals surface area contributed by atoms with E-state index in [1.54, 1.807) is 6.92 Å². The van der Waals surface area contributed by atoms with Crippen molar-refractivity contribution in [1.29, 1.82) is 0 Å². The summed E-state index contributed by atoms with van der Waals surface area (Å²) in [5.74, 6) is 0.0839. The van der Waals surface area contributed by atoms with E-state index in [0.717, 1.165) is 58.2 Å². The Morgan fingerprint density at radius 1 is 0.895 bits per heavy atom. The van der Waals surface area contributed by atoms with Crippen LogP contribution in [0.15, 0.2) is 12.2 Å². The molecule has 0 bridgehead atoms. The Morgan fingerprint density at radius 3 is 1.68 bits per heavy atom. The van der Waals surface area contributed by atoms with E-state index < -0.39 is 0 Å². The van der Waals surface area contributed by atoms with Crippen molar-refractivity contribution in [3.8, 4) is 0 Å². The van der Waals surface area contributed by atoms with Gasteiger partial charge in [0.1, 0.15) is 0 Å². The third kappa shape index (κ3) is 7.36. The summed E-state index contributed by atoms with van der Waals surface area (Å²) in [6.07, 6.45) is 6.74. The molecule has 0 N–H and O–H groups in total. The number of rotatable bonds is 11. The van der Waals surface area contributed by atoms with Crippen molar-refractivity contribution in [2.45, 2.75) is 66.2 Å². The first-order valence-corrected chi connectivity index (χ1v) is 7.80. The van der Waals surface area contributed by atoms with Crippen LogP contribution < -0.4 is 0 Å². The number of hydrogen-bond acceptors (Lipinski definition) is 2. The smallest absolute Gasteiger partial charge is 0.263 e. The topological polar surface area (TPSA) is 23.6 Å². The molecule has 0 unspecified atom stereocenters. The van der Waals surface area contributed by atoms with Gasteiger partial charge in [0.05, 0.1) is 0 Å². The number of carbonyl (C=O) groups excluding carboxylic acids is 1. The molecule has 112 valence electrons. The van der Waals surface area contributed by atoms with Crippen LogP contribution in [0.25, 0.3) is 0 Å². The van der Waals surface area contributed by atoms with Crippen LogP contribution in [0.4, 0.5) is 0 Å². The Bertz CT molecular complexity index is 255. The van der Waals surface area contributed by atoms with Gasteiger partial charge in [0, 0.05) is 25.2 Å². The maximum Gasteiger partial charge on any atom is 0.263 e. The molecule has 3 nitrogen and oxygen atoms in total. The number of hydrazine groups is 1. The second kappa shape index (κ2) is 11.0. The molecular formula is C16H32N2O. The summed E-state index contributed by atoms with van der Waals surface area (Å²) in [6, 6.07) is 0. The lowest BCUT2D eigenvalue weighted by molar-refractivity contribution is -0.145. The first-order chi connectivity index (χ1) is 9.08. The van der Waals surface area contributed by atoms with E-state index in [2.05, 4.69) is 32.4 Å². The second-order valence-corrected chi connectivity index (χ2v) is 5.22. The Hall–Kier alpha value is -0.830. The molecule has 0 aliphatic heterocycles. The molecule has 3 heteroatoms. The van der Waals surface area contributed by atoms with Gasteiger partial charge in [-0.3, -0.25) is 9.80 Å². The molecule has 19 heavy (non-hydrogen) atoms. The zero-order chi connectivity index (χ0) is 14.7. The highest BCUT2D eigenvalue weighted by molar-refractivity contribution is 5.91. The monoisotopic (exact) mass is 268 g/mol. The van der Waals surface area contributed by atoms with Crippen molar-refractivity contribution in [3.63, 3.8) is 0 Å². The molecule has 0 radical (unpaired) electrons. The molecule has 0 aromatic rings. The molecule has 0 aliphatic rings. The van der Waals surface area contributed by atoms with Crippen molar-refractivity contribution >= 4 is 5.91 Å². The zero-order valence-corrected chi connectivity index (χ0v) is 13.4. The highest BCUT2D eigenvalue weighted by Crippen LogP contribution is 2.10. The molecule has 0 aromatic heterocycles. The Balaban J connectivity index is 4.76. The van der Waals surface area contributed by atoms with Crippen molar-refractivity contribution < 1.29 is 4.79 Å². The van der Waals surface area contributed by atoms with Crippen molar-refractivity contribution in [1.82, 2.24) is 10.0 Å². The molecule has 0 rings (SSSR count). The van der Waals surface area contributed by atoms with Crippen LogP contribution in [-0.2, 0) is 4.79 Å². The van der Waals surface area contributed by atoms with Gasteiger partial charge in [0.25, 0.3) is 5.91 Å². The summed E-state index contributed by atoms with van der Waals surface area (Å²) < 4.78 is 0. The third-order valence-corrected chi connectivity index (χ3v) is 3.20. The van der Waals surface area contributed by atoms with Crippen LogP contribution in [0, 0.1) is 0 Å². The highest BCUT2D eigenvalue weighted by atomic mass is 16.2. The Labute approximate surface area is 119 Å². The lowest BCUT2D eigenvalue weighted by atomic mass is 10.2. The van der Waals surface area contributed by atoms with Crippen molar-refractivity contribution in [2.24, 2.45) is 0 Å². The van der Waals surface area contributed by atoms with Gasteiger partial charge in [0.15, 0.2) is 0 Å². The summed E-state index contributed by atoms with van der Waals surface area (Å²) in [7, 11) is 0. The summed E-state index contributed by atoms with van der Waals surface area (Å²) in [5.41, 5.74) is 0.633. The van der Waals surface area contributed by atoms with Gasteiger partial charge < -0.3 is 0 Å². The van der Waals surface area contributed by atoms with Crippen molar-refractivity contribution in [2.75, 3.05) is 19.6 Å². The first kappa shape index (κ1) is 18.2. The first-order valence-electron chi connectivity index (χ1n) is 7.80. The quantitative estimate of drug-likeness (QED) is 0.417. The van der Waals surface area contributed by atoms with Gasteiger partial charge in [-0.1, -0.05) is 46.6 Å². The summed E-state index contributed by atoms with van der Waals surface area (Å²) in [4.78, 5) is 12.3. The number of nitrogens with zero attached hydrogens (tertiary/aromatic N) is 2. The highest BCUT2D eigenvalue weighted by Gasteiger charge is 2.20. The minimum Gasteiger partial charge on any atom is -0.272 e. The summed E-state index contributed by atoms with van der Waals surface area (Å²) in [5, 5.41) is 4.16. The fraction of sp³-hybridized carbons (Fsp3) is 0.812. The fourth-order valence-electron chi connectivity index (χ4n) is 1.93. The molecule has 0 aliphatic carbocycles. The van der Waals surface area contributed by atoms with Crippen molar-refractivity contribution in [3.05, 3.63) is 12.2 Å². The lowest BCUT2D eigenvalue weighted by Crippen LogP contribution is -2.48. The largest absolute Gasteiger partial charge is 0.272 e. The molecule has 0 spiro atoms. The minimum atomic E-state index is 0.0839. The lowest BCUT2D eigenvalue weighted by Gasteiger charge is -2.35. The zero-order valence-electron chi connectivity index (χ0n) is 13.4. The minimum absolute atomic E-state index is 0.0839. The Kier molecular flexibility index (Phi) is 10.6. The maximum absolute atomic E-state index is 12.3. The number of unbranched alkanes of at least 4 members (excludes halogenated alkanes) is 3. The second-order valence-electron chi connectivity index (χ2n) is 5.22. The van der Waals surface area contributed by atoms with Gasteiger partial charge >= 0.3 is 0 Å². The van der Waals surface area contributed by atoms with Gasteiger partial charge in [-0.25, -0.2) is 5.01 Å². The van der Waals surface area contributed by atoms with Crippen LogP contribution >= 0.6 is 0 Å². The standard InChI is InChI=1S/C16H32N2O/c1-6-9-12-17(13-10-7-2)18(14-11-8-3)16(19)15(4)5/h4,6-14H2,1-3,5H3. The van der Waals surface area contributed by atoms with E-state index in [9.17, 15) is 4.79 Å². The maximum atomic E-state index is 12.3. The van der Waals surface area contributed by atoms with Crippen LogP contribution in [-0.4, -0.2) is 35.6 Å². The van der Waals surface area contributed by atoms with Gasteiger partial charge in [-0.05, 0) is 26.2 Å². The van der Waals surface area contributed by atoms with Crippen LogP contribution in [0.3, 0.4) is 0 Å². The number of hydrogen-bond donors (Lipinski definition) is 0. The van der Waals surface area contributed by atoms with E-state index in [-0.39, 0.29) is 5.91 Å². The van der Waals surface area contributed by atoms with Gasteiger partial charge in [-0.15, -0.1) is 0 Å². The predicted molar refractivity (Wildman–Crippen MR) is 82.8 cm³/mol. The Morgan fingerprint density at radius 2 is 1.32 bits per heavy atom. The number of carbonyl (C=O) groups is 1. The van der Waals surface area contributed by atoms with E-state index in [0.29, 0.717) is 5.57 Å². The SMILES string of the molecule is C=C(C)C(=O)N(CCCC)N(CCCC)CCCC. The average molecular weight is 268 g/mol. The molecule has 0 fully saturated rings. The van der Waals surface area contributed by atoms with E-state index in [1.807, 2.05) is 5.01 Å². The predicted octanol–water partition coefficient (Wildman–Crippen LogP) is 4.01. The van der Waals surface area contributed by atoms with Crippen LogP contribution in [0.5, 0.6) is 0 Å². The molecule has 0 atom stereocenters. The molecule has 0 saturated carbocycles. The molecular weight excluding hydrogens is 236 g/mol. The molecule has 0 saturated heterocycles. The van der Waals surface area contributed by atoms with E-state index in [4.69, 9.17) is 0 Å². The third-order valence-electron chi connectivity index (χ3n) is 3.20. The van der Waals surface area contributed by atoms with E-state index in [1.165, 1.54) is 0 Å². The van der Waals surface area contributed by atoms with E-state index >= 15 is 0 Å². The van der Waals surface area contributed by atoms with Crippen LogP contribution in [0.1, 0.15) is 66.2 Å². The normalized spacial score (nSPS) is 10.8. The fourth-order valence-corrected chi connectivity index (χ4v) is 1.93. The number of amides is 1. The van der Waals surface area contributed by atoms with Crippen LogP contribution in [0.2, 0.25) is 0 Å². The average Bonchev–Trinajstić information content (AvgIpc) is 2.40. The summed E-state index contributed by atoms with van der Waals surface area (Å²) in [6.45, 7) is 14.9. The van der Waals surface area contributed by atoms with Gasteiger partial charge in [0.2, 0.25) is 0 Å². The molecule has 1 amide bonds. The summed E-state index contributed by atoms with van der Waals surface area (Å²) >= 11 is 0. The molecule has 0 aromatic carbocycles. The molecule has 0 heterocycles. The van der Waals surface area contributed by atoms with Gasteiger partial charge in [-0.2, -0.15) is 0 Å².